The monoisotopic (exact) mass is 346 g/mol. The Morgan fingerprint density at radius 1 is 0.720 bits per heavy atom. The lowest BCUT2D eigenvalue weighted by atomic mass is 9.77. The van der Waals surface area contributed by atoms with Crippen molar-refractivity contribution in [2.24, 2.45) is 17.8 Å². The number of hydrogen-bond donors (Lipinski definition) is 0. The molecule has 1 heteroatoms. The third-order valence-electron chi connectivity index (χ3n) is 6.35. The summed E-state index contributed by atoms with van der Waals surface area (Å²) in [6.07, 6.45) is 28.6. The average Bonchev–Trinajstić information content (AvgIpc) is 2.66. The maximum atomic E-state index is 5.89. The van der Waals surface area contributed by atoms with Gasteiger partial charge in [0.05, 0.1) is 12.4 Å². The van der Waals surface area contributed by atoms with Crippen molar-refractivity contribution in [3.8, 4) is 0 Å². The first-order valence-corrected chi connectivity index (χ1v) is 11.3. The van der Waals surface area contributed by atoms with Crippen molar-refractivity contribution in [3.63, 3.8) is 0 Å². The van der Waals surface area contributed by atoms with Gasteiger partial charge >= 0.3 is 0 Å². The molecule has 0 aromatic heterocycles. The molecule has 0 heterocycles. The molecule has 0 radical (unpaired) electrons. The molecule has 2 aliphatic rings. The molecule has 144 valence electrons. The second kappa shape index (κ2) is 12.6. The van der Waals surface area contributed by atoms with E-state index in [1.54, 1.807) is 0 Å². The number of rotatable bonds is 10. The molecule has 25 heavy (non-hydrogen) atoms. The summed E-state index contributed by atoms with van der Waals surface area (Å²) in [4.78, 5) is 0. The van der Waals surface area contributed by atoms with Gasteiger partial charge in [0.25, 0.3) is 0 Å². The van der Waals surface area contributed by atoms with Crippen LogP contribution in [0.5, 0.6) is 0 Å². The lowest BCUT2D eigenvalue weighted by Gasteiger charge is -2.31. The first-order chi connectivity index (χ1) is 12.3. The molecule has 0 aromatic rings. The molecule has 0 saturated heterocycles. The predicted molar refractivity (Wildman–Crippen MR) is 110 cm³/mol. The van der Waals surface area contributed by atoms with Gasteiger partial charge in [0, 0.05) is 0 Å². The van der Waals surface area contributed by atoms with Gasteiger partial charge < -0.3 is 4.74 Å². The van der Waals surface area contributed by atoms with Crippen LogP contribution in [0, 0.1) is 17.8 Å². The molecule has 0 aromatic carbocycles. The Hall–Kier alpha value is -0.720. The molecule has 0 N–H and O–H groups in total. The highest BCUT2D eigenvalue weighted by Crippen LogP contribution is 2.36. The molecule has 2 rings (SSSR count). The van der Waals surface area contributed by atoms with E-state index in [9.17, 15) is 0 Å². The number of unbranched alkanes of at least 4 members (excludes halogenated alkanes) is 2. The van der Waals surface area contributed by atoms with Crippen molar-refractivity contribution in [2.45, 2.75) is 110 Å². The SMILES string of the molecule is CCC/C=C/O[C@H]1CC[C@H](CC[C@H]2CC[C@H](/C=C/CCC)CC2)CC1. The van der Waals surface area contributed by atoms with Crippen molar-refractivity contribution in [3.05, 3.63) is 24.5 Å². The Labute approximate surface area is 157 Å². The Balaban J connectivity index is 1.53. The molecule has 2 fully saturated rings. The second-order valence-electron chi connectivity index (χ2n) is 8.51. The predicted octanol–water partition coefficient (Wildman–Crippen LogP) is 7.82. The van der Waals surface area contributed by atoms with Crippen molar-refractivity contribution in [1.29, 1.82) is 0 Å². The molecule has 2 saturated carbocycles. The Morgan fingerprint density at radius 3 is 1.88 bits per heavy atom. The summed E-state index contributed by atoms with van der Waals surface area (Å²) >= 11 is 0. The van der Waals surface area contributed by atoms with Crippen LogP contribution in [0.25, 0.3) is 0 Å². The third kappa shape index (κ3) is 8.47. The van der Waals surface area contributed by atoms with Crippen LogP contribution in [0.3, 0.4) is 0 Å². The molecule has 0 unspecified atom stereocenters. The van der Waals surface area contributed by atoms with Crippen molar-refractivity contribution >= 4 is 0 Å². The van der Waals surface area contributed by atoms with E-state index < -0.39 is 0 Å². The number of ether oxygens (including phenoxy) is 1. The fourth-order valence-electron chi connectivity index (χ4n) is 4.55. The van der Waals surface area contributed by atoms with Gasteiger partial charge in [-0.15, -0.1) is 0 Å². The average molecular weight is 347 g/mol. The van der Waals surface area contributed by atoms with E-state index in [1.807, 2.05) is 6.26 Å². The lowest BCUT2D eigenvalue weighted by molar-refractivity contribution is 0.0838. The van der Waals surface area contributed by atoms with Gasteiger partial charge in [-0.05, 0) is 88.0 Å². The molecular formula is C24H42O. The van der Waals surface area contributed by atoms with E-state index in [0.29, 0.717) is 6.10 Å². The first-order valence-electron chi connectivity index (χ1n) is 11.3. The molecule has 0 amide bonds. The zero-order chi connectivity index (χ0) is 17.7. The smallest absolute Gasteiger partial charge is 0.0978 e. The van der Waals surface area contributed by atoms with Crippen LogP contribution >= 0.6 is 0 Å². The van der Waals surface area contributed by atoms with Gasteiger partial charge in [0.1, 0.15) is 0 Å². The largest absolute Gasteiger partial charge is 0.498 e. The van der Waals surface area contributed by atoms with E-state index >= 15 is 0 Å². The van der Waals surface area contributed by atoms with E-state index in [4.69, 9.17) is 4.74 Å². The first kappa shape index (κ1) is 20.6. The Kier molecular flexibility index (Phi) is 10.4. The Bertz CT molecular complexity index is 368. The normalized spacial score (nSPS) is 31.0. The van der Waals surface area contributed by atoms with Crippen LogP contribution in [-0.4, -0.2) is 6.10 Å². The minimum absolute atomic E-state index is 0.495. The summed E-state index contributed by atoms with van der Waals surface area (Å²) in [6.45, 7) is 4.48. The summed E-state index contributed by atoms with van der Waals surface area (Å²) in [7, 11) is 0. The molecule has 0 aliphatic heterocycles. The highest BCUT2D eigenvalue weighted by Gasteiger charge is 2.24. The van der Waals surface area contributed by atoms with E-state index in [1.165, 1.54) is 83.5 Å². The van der Waals surface area contributed by atoms with Crippen LogP contribution < -0.4 is 0 Å². The van der Waals surface area contributed by atoms with E-state index in [0.717, 1.165) is 24.2 Å². The fraction of sp³-hybridized carbons (Fsp3) is 0.833. The van der Waals surface area contributed by atoms with Gasteiger partial charge in [-0.3, -0.25) is 0 Å². The summed E-state index contributed by atoms with van der Waals surface area (Å²) < 4.78 is 5.89. The van der Waals surface area contributed by atoms with Crippen LogP contribution in [0.4, 0.5) is 0 Å². The summed E-state index contributed by atoms with van der Waals surface area (Å²) in [5, 5.41) is 0. The summed E-state index contributed by atoms with van der Waals surface area (Å²) in [6, 6.07) is 0. The van der Waals surface area contributed by atoms with Crippen molar-refractivity contribution in [2.75, 3.05) is 0 Å². The zero-order valence-corrected chi connectivity index (χ0v) is 16.9. The lowest BCUT2D eigenvalue weighted by Crippen LogP contribution is -2.21. The topological polar surface area (TPSA) is 9.23 Å². The number of allylic oxidation sites excluding steroid dienone is 3. The molecule has 0 atom stereocenters. The third-order valence-corrected chi connectivity index (χ3v) is 6.35. The van der Waals surface area contributed by atoms with E-state index in [2.05, 4.69) is 32.1 Å². The zero-order valence-electron chi connectivity index (χ0n) is 16.9. The fourth-order valence-corrected chi connectivity index (χ4v) is 4.55. The van der Waals surface area contributed by atoms with Crippen LogP contribution in [-0.2, 0) is 4.74 Å². The summed E-state index contributed by atoms with van der Waals surface area (Å²) in [5.74, 6) is 2.87. The maximum absolute atomic E-state index is 5.89. The Morgan fingerprint density at radius 2 is 1.28 bits per heavy atom. The second-order valence-corrected chi connectivity index (χ2v) is 8.51. The van der Waals surface area contributed by atoms with E-state index in [-0.39, 0.29) is 0 Å². The van der Waals surface area contributed by atoms with Crippen molar-refractivity contribution in [1.82, 2.24) is 0 Å². The van der Waals surface area contributed by atoms with Gasteiger partial charge in [-0.1, -0.05) is 51.7 Å². The van der Waals surface area contributed by atoms with Gasteiger partial charge in [0.15, 0.2) is 0 Å². The number of hydrogen-bond acceptors (Lipinski definition) is 1. The molecule has 2 aliphatic carbocycles. The summed E-state index contributed by atoms with van der Waals surface area (Å²) in [5.41, 5.74) is 0. The minimum atomic E-state index is 0.495. The maximum Gasteiger partial charge on any atom is 0.0978 e. The molecule has 0 spiro atoms. The van der Waals surface area contributed by atoms with Gasteiger partial charge in [-0.25, -0.2) is 0 Å². The van der Waals surface area contributed by atoms with Crippen LogP contribution in [0.1, 0.15) is 104 Å². The van der Waals surface area contributed by atoms with Gasteiger partial charge in [-0.2, -0.15) is 0 Å². The minimum Gasteiger partial charge on any atom is -0.498 e. The van der Waals surface area contributed by atoms with Crippen LogP contribution in [0.2, 0.25) is 0 Å². The standard InChI is InChI=1S/C24H42O/c1-3-5-7-9-21-10-12-22(13-11-21)14-15-23-16-18-24(19-17-23)25-20-8-6-4-2/h7-9,20-24H,3-6,10-19H2,1-2H3/b9-7+,20-8+/t21-,22-,23-,24-. The molecular weight excluding hydrogens is 304 g/mol. The van der Waals surface area contributed by atoms with Crippen LogP contribution in [0.15, 0.2) is 24.5 Å². The highest BCUT2D eigenvalue weighted by atomic mass is 16.5. The highest BCUT2D eigenvalue weighted by molar-refractivity contribution is 4.91. The molecule has 0 bridgehead atoms. The molecule has 1 nitrogen and oxygen atoms in total. The van der Waals surface area contributed by atoms with Crippen molar-refractivity contribution < 1.29 is 4.74 Å². The quantitative estimate of drug-likeness (QED) is 0.289. The van der Waals surface area contributed by atoms with Gasteiger partial charge in [0.2, 0.25) is 0 Å².